The van der Waals surface area contributed by atoms with E-state index in [1.54, 1.807) is 0 Å². The van der Waals surface area contributed by atoms with Gasteiger partial charge in [-0.15, -0.1) is 0 Å². The summed E-state index contributed by atoms with van der Waals surface area (Å²) in [5, 5.41) is 8.73. The molecule has 3 heteroatoms. The summed E-state index contributed by atoms with van der Waals surface area (Å²) in [5.41, 5.74) is 1.60. The maximum absolute atomic E-state index is 10.6. The fraction of sp³-hybridized carbons (Fsp3) is 0.571. The van der Waals surface area contributed by atoms with Crippen molar-refractivity contribution in [3.63, 3.8) is 0 Å². The van der Waals surface area contributed by atoms with Crippen molar-refractivity contribution in [1.82, 2.24) is 0 Å². The van der Waals surface area contributed by atoms with Crippen molar-refractivity contribution in [2.24, 2.45) is 0 Å². The molecule has 0 heterocycles. The summed E-state index contributed by atoms with van der Waals surface area (Å²) in [5.74, 6) is -0.0797. The highest BCUT2D eigenvalue weighted by Gasteiger charge is 2.03. The van der Waals surface area contributed by atoms with Crippen molar-refractivity contribution in [1.29, 1.82) is 0 Å². The smallest absolute Gasteiger partial charge is 0.330 e. The number of hydrogen-bond donors (Lipinski definition) is 1. The lowest BCUT2D eigenvalue weighted by Crippen LogP contribution is -2.03. The first-order chi connectivity index (χ1) is 11.6. The monoisotopic (exact) mass is 332 g/mol. The van der Waals surface area contributed by atoms with Crippen LogP contribution in [-0.2, 0) is 11.2 Å². The largest absolute Gasteiger partial charge is 0.494 e. The Morgan fingerprint density at radius 3 is 2.25 bits per heavy atom. The topological polar surface area (TPSA) is 46.5 Å². The highest BCUT2D eigenvalue weighted by Crippen LogP contribution is 2.16. The van der Waals surface area contributed by atoms with Gasteiger partial charge in [0.15, 0.2) is 0 Å². The molecule has 24 heavy (non-hydrogen) atoms. The van der Waals surface area contributed by atoms with Crippen molar-refractivity contribution in [2.75, 3.05) is 6.61 Å². The molecule has 1 aromatic carbocycles. The molecule has 1 aromatic rings. The molecular weight excluding hydrogens is 300 g/mol. The standard InChI is InChI=1S/C21H32O3/c1-3-4-5-6-7-8-9-12-19-13-15-20(16-14-19)24-17-10-11-18(2)21(22)23/h13-16H,2-12,17H2,1H3,(H,22,23). The second kappa shape index (κ2) is 12.6. The third kappa shape index (κ3) is 9.39. The summed E-state index contributed by atoms with van der Waals surface area (Å²) >= 11 is 0. The van der Waals surface area contributed by atoms with Crippen LogP contribution in [0.25, 0.3) is 0 Å². The van der Waals surface area contributed by atoms with Crippen LogP contribution in [0.4, 0.5) is 0 Å². The van der Waals surface area contributed by atoms with Crippen molar-refractivity contribution in [3.05, 3.63) is 42.0 Å². The fourth-order valence-corrected chi connectivity index (χ4v) is 2.62. The Balaban J connectivity index is 2.12. The molecule has 0 aliphatic rings. The van der Waals surface area contributed by atoms with Crippen LogP contribution in [0.5, 0.6) is 5.75 Å². The molecule has 0 saturated heterocycles. The molecule has 0 aliphatic heterocycles. The molecule has 0 amide bonds. The number of hydrogen-bond acceptors (Lipinski definition) is 2. The van der Waals surface area contributed by atoms with Gasteiger partial charge < -0.3 is 9.84 Å². The zero-order chi connectivity index (χ0) is 17.6. The van der Waals surface area contributed by atoms with E-state index in [1.807, 2.05) is 12.1 Å². The van der Waals surface area contributed by atoms with Gasteiger partial charge >= 0.3 is 5.97 Å². The molecule has 0 atom stereocenters. The second-order valence-corrected chi connectivity index (χ2v) is 6.38. The van der Waals surface area contributed by atoms with Crippen molar-refractivity contribution in [3.8, 4) is 5.75 Å². The van der Waals surface area contributed by atoms with Gasteiger partial charge in [-0.25, -0.2) is 4.79 Å². The molecule has 0 aromatic heterocycles. The third-order valence-corrected chi connectivity index (χ3v) is 4.19. The molecule has 0 fully saturated rings. The van der Waals surface area contributed by atoms with Gasteiger partial charge in [0, 0.05) is 5.57 Å². The van der Waals surface area contributed by atoms with Crippen LogP contribution in [0.1, 0.15) is 70.3 Å². The van der Waals surface area contributed by atoms with Crippen LogP contribution in [0.15, 0.2) is 36.4 Å². The van der Waals surface area contributed by atoms with E-state index in [2.05, 4.69) is 25.6 Å². The molecule has 1 rings (SSSR count). The number of benzene rings is 1. The van der Waals surface area contributed by atoms with E-state index in [1.165, 1.54) is 50.5 Å². The van der Waals surface area contributed by atoms with E-state index < -0.39 is 5.97 Å². The Kier molecular flexibility index (Phi) is 10.7. The number of aryl methyl sites for hydroxylation is 1. The van der Waals surface area contributed by atoms with E-state index >= 15 is 0 Å². The number of aliphatic carboxylic acids is 1. The Morgan fingerprint density at radius 2 is 1.62 bits per heavy atom. The highest BCUT2D eigenvalue weighted by atomic mass is 16.5. The average Bonchev–Trinajstić information content (AvgIpc) is 2.58. The second-order valence-electron chi connectivity index (χ2n) is 6.38. The van der Waals surface area contributed by atoms with E-state index in [0.717, 1.165) is 12.2 Å². The summed E-state index contributed by atoms with van der Waals surface area (Å²) in [7, 11) is 0. The Labute approximate surface area is 146 Å². The van der Waals surface area contributed by atoms with Gasteiger partial charge in [0.2, 0.25) is 0 Å². The molecule has 3 nitrogen and oxygen atoms in total. The number of ether oxygens (including phenoxy) is 1. The van der Waals surface area contributed by atoms with Crippen LogP contribution in [0.2, 0.25) is 0 Å². The lowest BCUT2D eigenvalue weighted by atomic mass is 10.0. The normalized spacial score (nSPS) is 10.5. The zero-order valence-electron chi connectivity index (χ0n) is 15.1. The average molecular weight is 332 g/mol. The summed E-state index contributed by atoms with van der Waals surface area (Å²) in [6.07, 6.45) is 11.6. The van der Waals surface area contributed by atoms with Crippen LogP contribution in [0, 0.1) is 0 Å². The summed E-state index contributed by atoms with van der Waals surface area (Å²) in [4.78, 5) is 10.6. The number of carboxylic acid groups (broad SMARTS) is 1. The van der Waals surface area contributed by atoms with Crippen molar-refractivity contribution >= 4 is 5.97 Å². The van der Waals surface area contributed by atoms with Gasteiger partial charge in [-0.1, -0.05) is 64.2 Å². The van der Waals surface area contributed by atoms with Gasteiger partial charge in [-0.05, 0) is 43.4 Å². The van der Waals surface area contributed by atoms with Gasteiger partial charge in [-0.3, -0.25) is 0 Å². The maximum atomic E-state index is 10.6. The Hall–Kier alpha value is -1.77. The lowest BCUT2D eigenvalue weighted by molar-refractivity contribution is -0.132. The number of rotatable bonds is 14. The van der Waals surface area contributed by atoms with Crippen LogP contribution >= 0.6 is 0 Å². The Bertz CT molecular complexity index is 476. The van der Waals surface area contributed by atoms with Crippen LogP contribution in [-0.4, -0.2) is 17.7 Å². The molecule has 134 valence electrons. The zero-order valence-corrected chi connectivity index (χ0v) is 15.1. The minimum absolute atomic E-state index is 0.239. The van der Waals surface area contributed by atoms with Crippen molar-refractivity contribution < 1.29 is 14.6 Å². The summed E-state index contributed by atoms with van der Waals surface area (Å²) in [6.45, 7) is 6.28. The van der Waals surface area contributed by atoms with Gasteiger partial charge in [-0.2, -0.15) is 0 Å². The predicted octanol–water partition coefficient (Wildman–Crippen LogP) is 5.78. The summed E-state index contributed by atoms with van der Waals surface area (Å²) < 4.78 is 5.64. The van der Waals surface area contributed by atoms with E-state index in [4.69, 9.17) is 9.84 Å². The summed E-state index contributed by atoms with van der Waals surface area (Å²) in [6, 6.07) is 8.26. The Morgan fingerprint density at radius 1 is 1.00 bits per heavy atom. The molecule has 0 aliphatic carbocycles. The quantitative estimate of drug-likeness (QED) is 0.347. The molecule has 1 N–H and O–H groups in total. The first-order valence-corrected chi connectivity index (χ1v) is 9.26. The molecule has 0 bridgehead atoms. The molecule has 0 spiro atoms. The van der Waals surface area contributed by atoms with Gasteiger partial charge in [0.05, 0.1) is 6.61 Å². The minimum Gasteiger partial charge on any atom is -0.494 e. The molecule has 0 radical (unpaired) electrons. The first kappa shape index (κ1) is 20.3. The highest BCUT2D eigenvalue weighted by molar-refractivity contribution is 5.85. The van der Waals surface area contributed by atoms with E-state index in [0.29, 0.717) is 19.4 Å². The van der Waals surface area contributed by atoms with E-state index in [-0.39, 0.29) is 5.57 Å². The van der Waals surface area contributed by atoms with Gasteiger partial charge in [0.25, 0.3) is 0 Å². The van der Waals surface area contributed by atoms with Crippen LogP contribution < -0.4 is 4.74 Å². The number of carboxylic acids is 1. The molecule has 0 saturated carbocycles. The molecular formula is C21H32O3. The van der Waals surface area contributed by atoms with Crippen molar-refractivity contribution in [2.45, 2.75) is 71.1 Å². The number of unbranched alkanes of at least 4 members (excludes halogenated alkanes) is 6. The van der Waals surface area contributed by atoms with E-state index in [9.17, 15) is 4.79 Å². The number of carbonyl (C=O) groups is 1. The fourth-order valence-electron chi connectivity index (χ4n) is 2.62. The third-order valence-electron chi connectivity index (χ3n) is 4.19. The minimum atomic E-state index is -0.926. The first-order valence-electron chi connectivity index (χ1n) is 9.26. The predicted molar refractivity (Wildman–Crippen MR) is 99.6 cm³/mol. The van der Waals surface area contributed by atoms with Gasteiger partial charge in [0.1, 0.15) is 5.75 Å². The maximum Gasteiger partial charge on any atom is 0.330 e. The van der Waals surface area contributed by atoms with Crippen LogP contribution in [0.3, 0.4) is 0 Å². The SMILES string of the molecule is C=C(CCCOc1ccc(CCCCCCCCC)cc1)C(=O)O. The molecule has 0 unspecified atom stereocenters. The lowest BCUT2D eigenvalue weighted by Gasteiger charge is -2.07.